The standard InChI is InChI=1S/C12H12F2N2O2/c1-3-8-6-9(13)11(10(14)7-8)15-12(18)16(2)4-5-17/h1,6-7,17H,4-5H2,2H3,(H,15,18). The van der Waals surface area contributed by atoms with Gasteiger partial charge in [0.15, 0.2) is 11.6 Å². The van der Waals surface area contributed by atoms with Crippen LogP contribution in [0.15, 0.2) is 12.1 Å². The third kappa shape index (κ3) is 3.18. The molecule has 6 heteroatoms. The highest BCUT2D eigenvalue weighted by Gasteiger charge is 2.15. The summed E-state index contributed by atoms with van der Waals surface area (Å²) in [6.45, 7) is -0.192. The Morgan fingerprint density at radius 1 is 1.50 bits per heavy atom. The summed E-state index contributed by atoms with van der Waals surface area (Å²) in [5.74, 6) is 0.195. The molecule has 2 N–H and O–H groups in total. The molecule has 0 saturated heterocycles. The number of aliphatic hydroxyl groups excluding tert-OH is 1. The summed E-state index contributed by atoms with van der Waals surface area (Å²) in [5.41, 5.74) is -0.518. The third-order valence-electron chi connectivity index (χ3n) is 2.22. The minimum absolute atomic E-state index is 0.0479. The third-order valence-corrected chi connectivity index (χ3v) is 2.22. The van der Waals surface area contributed by atoms with E-state index in [1.54, 1.807) is 0 Å². The average Bonchev–Trinajstić information content (AvgIpc) is 2.33. The SMILES string of the molecule is C#Cc1cc(F)c(NC(=O)N(C)CCO)c(F)c1. The van der Waals surface area contributed by atoms with E-state index in [1.165, 1.54) is 7.05 Å². The zero-order valence-electron chi connectivity index (χ0n) is 9.70. The first-order chi connectivity index (χ1) is 8.49. The van der Waals surface area contributed by atoms with Gasteiger partial charge >= 0.3 is 6.03 Å². The van der Waals surface area contributed by atoms with E-state index < -0.39 is 23.4 Å². The fraction of sp³-hybridized carbons (Fsp3) is 0.250. The van der Waals surface area contributed by atoms with E-state index in [9.17, 15) is 13.6 Å². The maximum absolute atomic E-state index is 13.5. The largest absolute Gasteiger partial charge is 0.395 e. The van der Waals surface area contributed by atoms with Crippen LogP contribution < -0.4 is 5.32 Å². The minimum Gasteiger partial charge on any atom is -0.395 e. The lowest BCUT2D eigenvalue weighted by Crippen LogP contribution is -2.34. The molecule has 0 aliphatic heterocycles. The van der Waals surface area contributed by atoms with E-state index in [2.05, 4.69) is 11.2 Å². The Labute approximate surface area is 103 Å². The number of anilines is 1. The van der Waals surface area contributed by atoms with Gasteiger partial charge in [0.1, 0.15) is 5.69 Å². The van der Waals surface area contributed by atoms with Crippen molar-refractivity contribution in [2.24, 2.45) is 0 Å². The smallest absolute Gasteiger partial charge is 0.321 e. The molecule has 0 unspecified atom stereocenters. The number of terminal acetylenes is 1. The Morgan fingerprint density at radius 3 is 2.50 bits per heavy atom. The van der Waals surface area contributed by atoms with Crippen LogP contribution in [-0.2, 0) is 0 Å². The van der Waals surface area contributed by atoms with Gasteiger partial charge in [-0.05, 0) is 12.1 Å². The summed E-state index contributed by atoms with van der Waals surface area (Å²) in [6, 6.07) is 1.17. The van der Waals surface area contributed by atoms with Crippen molar-refractivity contribution in [1.82, 2.24) is 4.90 Å². The zero-order valence-corrected chi connectivity index (χ0v) is 9.70. The average molecular weight is 254 g/mol. The fourth-order valence-electron chi connectivity index (χ4n) is 1.23. The molecule has 4 nitrogen and oxygen atoms in total. The second-order valence-electron chi connectivity index (χ2n) is 3.53. The second-order valence-corrected chi connectivity index (χ2v) is 3.53. The molecule has 2 amide bonds. The second kappa shape index (κ2) is 5.98. The molecule has 18 heavy (non-hydrogen) atoms. The first kappa shape index (κ1) is 13.9. The van der Waals surface area contributed by atoms with Crippen LogP contribution in [0.1, 0.15) is 5.56 Å². The number of carbonyl (C=O) groups excluding carboxylic acids is 1. The van der Waals surface area contributed by atoms with Gasteiger partial charge < -0.3 is 15.3 Å². The number of amides is 2. The molecular formula is C12H12F2N2O2. The summed E-state index contributed by atoms with van der Waals surface area (Å²) in [6.07, 6.45) is 5.02. The van der Waals surface area contributed by atoms with Crippen molar-refractivity contribution in [1.29, 1.82) is 0 Å². The van der Waals surface area contributed by atoms with Crippen LogP contribution in [-0.4, -0.2) is 36.2 Å². The van der Waals surface area contributed by atoms with Crippen LogP contribution in [0.25, 0.3) is 0 Å². The van der Waals surface area contributed by atoms with Gasteiger partial charge in [0.2, 0.25) is 0 Å². The molecule has 1 aromatic rings. The topological polar surface area (TPSA) is 52.6 Å². The first-order valence-electron chi connectivity index (χ1n) is 5.08. The Bertz CT molecular complexity index is 474. The zero-order chi connectivity index (χ0) is 13.7. The van der Waals surface area contributed by atoms with E-state index in [0.717, 1.165) is 17.0 Å². The van der Waals surface area contributed by atoms with E-state index >= 15 is 0 Å². The quantitative estimate of drug-likeness (QED) is 0.801. The van der Waals surface area contributed by atoms with Gasteiger partial charge in [0.25, 0.3) is 0 Å². The minimum atomic E-state index is -0.950. The number of benzene rings is 1. The summed E-state index contributed by atoms with van der Waals surface area (Å²) in [5, 5.41) is 10.7. The molecule has 0 spiro atoms. The number of hydrogen-bond acceptors (Lipinski definition) is 2. The van der Waals surface area contributed by atoms with Crippen molar-refractivity contribution in [2.75, 3.05) is 25.5 Å². The van der Waals surface area contributed by atoms with Crippen LogP contribution in [0.3, 0.4) is 0 Å². The maximum atomic E-state index is 13.5. The molecule has 0 radical (unpaired) electrons. The van der Waals surface area contributed by atoms with Crippen molar-refractivity contribution >= 4 is 11.7 Å². The van der Waals surface area contributed by atoms with E-state index in [1.807, 2.05) is 0 Å². The van der Waals surface area contributed by atoms with Crippen LogP contribution >= 0.6 is 0 Å². The number of hydrogen-bond donors (Lipinski definition) is 2. The monoisotopic (exact) mass is 254 g/mol. The Kier molecular flexibility index (Phi) is 4.63. The lowest BCUT2D eigenvalue weighted by atomic mass is 10.2. The summed E-state index contributed by atoms with van der Waals surface area (Å²) >= 11 is 0. The van der Waals surface area contributed by atoms with Crippen molar-refractivity contribution in [3.63, 3.8) is 0 Å². The number of nitrogens with one attached hydrogen (secondary N) is 1. The molecule has 0 aromatic heterocycles. The number of likely N-dealkylation sites (N-methyl/N-ethyl adjacent to an activating group) is 1. The van der Waals surface area contributed by atoms with Gasteiger partial charge in [-0.1, -0.05) is 5.92 Å². The van der Waals surface area contributed by atoms with Crippen LogP contribution in [0, 0.1) is 24.0 Å². The molecule has 0 atom stereocenters. The maximum Gasteiger partial charge on any atom is 0.321 e. The molecule has 0 aliphatic rings. The summed E-state index contributed by atoms with van der Waals surface area (Å²) < 4.78 is 27.0. The van der Waals surface area contributed by atoms with Crippen molar-refractivity contribution < 1.29 is 18.7 Å². The number of aliphatic hydroxyl groups is 1. The number of urea groups is 1. The van der Waals surface area contributed by atoms with Crippen LogP contribution in [0.4, 0.5) is 19.3 Å². The molecule has 0 saturated carbocycles. The number of halogens is 2. The lowest BCUT2D eigenvalue weighted by molar-refractivity contribution is 0.202. The van der Waals surface area contributed by atoms with E-state index in [0.29, 0.717) is 0 Å². The van der Waals surface area contributed by atoms with Gasteiger partial charge in [0, 0.05) is 19.2 Å². The highest BCUT2D eigenvalue weighted by atomic mass is 19.1. The van der Waals surface area contributed by atoms with Crippen LogP contribution in [0.2, 0.25) is 0 Å². The highest BCUT2D eigenvalue weighted by molar-refractivity contribution is 5.89. The van der Waals surface area contributed by atoms with Gasteiger partial charge in [-0.15, -0.1) is 6.42 Å². The Balaban J connectivity index is 2.92. The Hall–Kier alpha value is -2.13. The van der Waals surface area contributed by atoms with Gasteiger partial charge in [-0.3, -0.25) is 0 Å². The van der Waals surface area contributed by atoms with Crippen molar-refractivity contribution in [3.05, 3.63) is 29.3 Å². The molecule has 0 heterocycles. The van der Waals surface area contributed by atoms with Gasteiger partial charge in [0.05, 0.1) is 6.61 Å². The number of rotatable bonds is 3. The fourth-order valence-corrected chi connectivity index (χ4v) is 1.23. The predicted molar refractivity (Wildman–Crippen MR) is 63.0 cm³/mol. The number of nitrogens with zero attached hydrogens (tertiary/aromatic N) is 1. The first-order valence-corrected chi connectivity index (χ1v) is 5.08. The van der Waals surface area contributed by atoms with E-state index in [4.69, 9.17) is 11.5 Å². The normalized spacial score (nSPS) is 9.72. The molecular weight excluding hydrogens is 242 g/mol. The molecule has 96 valence electrons. The molecule has 0 bridgehead atoms. The van der Waals surface area contributed by atoms with E-state index in [-0.39, 0.29) is 18.7 Å². The number of carbonyl (C=O) groups is 1. The van der Waals surface area contributed by atoms with Crippen molar-refractivity contribution in [3.8, 4) is 12.3 Å². The molecule has 1 aromatic carbocycles. The molecule has 0 fully saturated rings. The van der Waals surface area contributed by atoms with Crippen LogP contribution in [0.5, 0.6) is 0 Å². The van der Waals surface area contributed by atoms with Crippen molar-refractivity contribution in [2.45, 2.75) is 0 Å². The molecule has 0 aliphatic carbocycles. The lowest BCUT2D eigenvalue weighted by Gasteiger charge is -2.17. The summed E-state index contributed by atoms with van der Waals surface area (Å²) in [7, 11) is 1.39. The molecule has 1 rings (SSSR count). The highest BCUT2D eigenvalue weighted by Crippen LogP contribution is 2.20. The van der Waals surface area contributed by atoms with Gasteiger partial charge in [-0.2, -0.15) is 0 Å². The van der Waals surface area contributed by atoms with Gasteiger partial charge in [-0.25, -0.2) is 13.6 Å². The summed E-state index contributed by atoms with van der Waals surface area (Å²) in [4.78, 5) is 12.6. The predicted octanol–water partition coefficient (Wildman–Crippen LogP) is 1.40. The Morgan fingerprint density at radius 2 is 2.06 bits per heavy atom.